The number of carbonyl (C=O) groups is 2. The summed E-state index contributed by atoms with van der Waals surface area (Å²) in [7, 11) is 0. The molecule has 0 fully saturated rings. The fraction of sp³-hybridized carbons (Fsp3) is 0.286. The molecular weight excluding hydrogens is 433 g/mol. The number of esters is 1. The Kier molecular flexibility index (Phi) is 6.42. The lowest BCUT2D eigenvalue weighted by molar-refractivity contribution is -0.156. The molecule has 2 unspecified atom stereocenters. The van der Waals surface area contributed by atoms with E-state index in [-0.39, 0.29) is 12.5 Å². The zero-order valence-electron chi connectivity index (χ0n) is 19.5. The van der Waals surface area contributed by atoms with E-state index >= 15 is 0 Å². The number of halogens is 1. The summed E-state index contributed by atoms with van der Waals surface area (Å²) in [6, 6.07) is 20.6. The Balaban J connectivity index is 1.50. The molecule has 0 spiro atoms. The van der Waals surface area contributed by atoms with Crippen molar-refractivity contribution in [1.82, 2.24) is 0 Å². The van der Waals surface area contributed by atoms with Crippen LogP contribution in [0.2, 0.25) is 0 Å². The number of hydrogen-bond acceptors (Lipinski definition) is 4. The van der Waals surface area contributed by atoms with E-state index in [2.05, 4.69) is 0 Å². The lowest BCUT2D eigenvalue weighted by Crippen LogP contribution is -2.29. The Labute approximate surface area is 198 Å². The molecule has 5 nitrogen and oxygen atoms in total. The normalized spacial score (nSPS) is 15.2. The van der Waals surface area contributed by atoms with Crippen LogP contribution in [0.5, 0.6) is 5.75 Å². The number of benzene rings is 3. The minimum atomic E-state index is -0.801. The first-order valence-electron chi connectivity index (χ1n) is 11.2. The molecule has 0 heterocycles. The van der Waals surface area contributed by atoms with E-state index in [1.54, 1.807) is 45.0 Å². The molecular formula is C28H28FNO4. The van der Waals surface area contributed by atoms with Crippen LogP contribution in [0.4, 0.5) is 4.39 Å². The van der Waals surface area contributed by atoms with E-state index < -0.39 is 30.1 Å². The molecule has 0 radical (unpaired) electrons. The fourth-order valence-electron chi connectivity index (χ4n) is 4.14. The van der Waals surface area contributed by atoms with Gasteiger partial charge in [-0.15, -0.1) is 0 Å². The number of rotatable bonds is 8. The number of hydrogen-bond donors (Lipinski definition) is 1. The summed E-state index contributed by atoms with van der Waals surface area (Å²) < 4.78 is 25.0. The Morgan fingerprint density at radius 1 is 0.971 bits per heavy atom. The summed E-state index contributed by atoms with van der Waals surface area (Å²) in [5.41, 5.74) is 10.1. The van der Waals surface area contributed by atoms with Gasteiger partial charge in [-0.2, -0.15) is 0 Å². The smallest absolute Gasteiger partial charge is 0.307 e. The highest BCUT2D eigenvalue weighted by Gasteiger charge is 2.41. The minimum Gasteiger partial charge on any atom is -0.481 e. The van der Waals surface area contributed by atoms with Crippen molar-refractivity contribution < 1.29 is 23.5 Å². The van der Waals surface area contributed by atoms with Gasteiger partial charge in [-0.3, -0.25) is 9.59 Å². The minimum absolute atomic E-state index is 0.138. The maximum absolute atomic E-state index is 13.6. The van der Waals surface area contributed by atoms with Gasteiger partial charge in [-0.25, -0.2) is 4.39 Å². The Hall–Kier alpha value is -3.67. The van der Waals surface area contributed by atoms with Crippen LogP contribution in [-0.2, 0) is 21.0 Å². The third-order valence-electron chi connectivity index (χ3n) is 5.72. The van der Waals surface area contributed by atoms with E-state index in [0.717, 1.165) is 22.3 Å². The van der Waals surface area contributed by atoms with E-state index in [9.17, 15) is 14.0 Å². The van der Waals surface area contributed by atoms with Gasteiger partial charge >= 0.3 is 5.97 Å². The SMILES string of the molecule is CC(C)(C)OC(=O)CC(C(N)=O)c1ccc(OC2c3c(CF)ccc(-c4ccccc4)c32)cc1. The van der Waals surface area contributed by atoms with Gasteiger partial charge in [0.1, 0.15) is 18.0 Å². The van der Waals surface area contributed by atoms with Crippen molar-refractivity contribution in [3.8, 4) is 16.9 Å². The number of primary amides is 1. The van der Waals surface area contributed by atoms with Crippen LogP contribution < -0.4 is 10.5 Å². The van der Waals surface area contributed by atoms with Gasteiger partial charge in [0, 0.05) is 11.1 Å². The number of amides is 1. The molecule has 3 aromatic rings. The van der Waals surface area contributed by atoms with Crippen molar-refractivity contribution in [3.63, 3.8) is 0 Å². The molecule has 0 aromatic heterocycles. The summed E-state index contributed by atoms with van der Waals surface area (Å²) in [5.74, 6) is -1.31. The molecule has 0 saturated heterocycles. The summed E-state index contributed by atoms with van der Waals surface area (Å²) in [6.07, 6.45) is -0.461. The Bertz CT molecular complexity index is 1200. The van der Waals surface area contributed by atoms with Crippen molar-refractivity contribution in [2.24, 2.45) is 5.73 Å². The van der Waals surface area contributed by atoms with Gasteiger partial charge in [0.2, 0.25) is 5.91 Å². The van der Waals surface area contributed by atoms with Gasteiger partial charge in [-0.1, -0.05) is 54.6 Å². The molecule has 2 atom stereocenters. The van der Waals surface area contributed by atoms with Gasteiger partial charge < -0.3 is 15.2 Å². The predicted molar refractivity (Wildman–Crippen MR) is 128 cm³/mol. The lowest BCUT2D eigenvalue weighted by Gasteiger charge is -2.21. The molecule has 1 aliphatic carbocycles. The van der Waals surface area contributed by atoms with Crippen LogP contribution in [-0.4, -0.2) is 17.5 Å². The Morgan fingerprint density at radius 2 is 1.65 bits per heavy atom. The van der Waals surface area contributed by atoms with Crippen LogP contribution in [0.25, 0.3) is 11.1 Å². The standard InChI is InChI=1S/C28H28FNO4/c1-28(2,3)34-23(31)15-22(27(30)32)18-9-12-20(13-10-18)33-26-24-19(16-29)11-14-21(25(24)26)17-7-5-4-6-8-17/h4-14,22,26H,15-16H2,1-3H3,(H2,30,32). The largest absolute Gasteiger partial charge is 0.481 e. The van der Waals surface area contributed by atoms with Crippen molar-refractivity contribution in [2.45, 2.75) is 51.5 Å². The zero-order valence-corrected chi connectivity index (χ0v) is 19.5. The average Bonchev–Trinajstić information content (AvgIpc) is 3.50. The second-order valence-corrected chi connectivity index (χ2v) is 9.41. The first-order valence-corrected chi connectivity index (χ1v) is 11.2. The second kappa shape index (κ2) is 9.29. The van der Waals surface area contributed by atoms with Gasteiger partial charge in [0.25, 0.3) is 0 Å². The highest BCUT2D eigenvalue weighted by molar-refractivity contribution is 5.87. The van der Waals surface area contributed by atoms with E-state index in [0.29, 0.717) is 16.9 Å². The summed E-state index contributed by atoms with van der Waals surface area (Å²) in [6.45, 7) is 4.75. The van der Waals surface area contributed by atoms with Gasteiger partial charge in [-0.05, 0) is 55.2 Å². The van der Waals surface area contributed by atoms with Crippen LogP contribution in [0, 0.1) is 0 Å². The molecule has 1 amide bonds. The van der Waals surface area contributed by atoms with Crippen LogP contribution >= 0.6 is 0 Å². The fourth-order valence-corrected chi connectivity index (χ4v) is 4.14. The molecule has 1 aliphatic rings. The van der Waals surface area contributed by atoms with E-state index in [1.165, 1.54) is 0 Å². The predicted octanol–water partition coefficient (Wildman–Crippen LogP) is 5.61. The van der Waals surface area contributed by atoms with Crippen LogP contribution in [0.15, 0.2) is 66.7 Å². The number of nitrogens with two attached hydrogens (primary N) is 1. The third-order valence-corrected chi connectivity index (χ3v) is 5.72. The highest BCUT2D eigenvalue weighted by Crippen LogP contribution is 2.52. The lowest BCUT2D eigenvalue weighted by atomic mass is 9.95. The number of ether oxygens (including phenoxy) is 2. The van der Waals surface area contributed by atoms with Crippen LogP contribution in [0.3, 0.4) is 0 Å². The van der Waals surface area contributed by atoms with Crippen LogP contribution in [0.1, 0.15) is 61.5 Å². The van der Waals surface area contributed by atoms with Crippen molar-refractivity contribution in [3.05, 3.63) is 89.0 Å². The van der Waals surface area contributed by atoms with E-state index in [1.807, 2.05) is 42.5 Å². The molecule has 4 rings (SSSR count). The summed E-state index contributed by atoms with van der Waals surface area (Å²) >= 11 is 0. The topological polar surface area (TPSA) is 78.6 Å². The van der Waals surface area contributed by atoms with E-state index in [4.69, 9.17) is 15.2 Å². The molecule has 6 heteroatoms. The zero-order chi connectivity index (χ0) is 24.5. The number of carbonyl (C=O) groups excluding carboxylic acids is 2. The average molecular weight is 462 g/mol. The third kappa shape index (κ3) is 5.11. The molecule has 34 heavy (non-hydrogen) atoms. The quantitative estimate of drug-likeness (QED) is 0.443. The Morgan fingerprint density at radius 3 is 2.24 bits per heavy atom. The summed E-state index contributed by atoms with van der Waals surface area (Å²) in [4.78, 5) is 24.2. The summed E-state index contributed by atoms with van der Waals surface area (Å²) in [5, 5.41) is 0. The molecule has 0 aliphatic heterocycles. The monoisotopic (exact) mass is 461 g/mol. The molecule has 2 N–H and O–H groups in total. The highest BCUT2D eigenvalue weighted by atomic mass is 19.1. The van der Waals surface area contributed by atoms with Gasteiger partial charge in [0.15, 0.2) is 6.10 Å². The molecule has 176 valence electrons. The van der Waals surface area contributed by atoms with Crippen molar-refractivity contribution in [1.29, 1.82) is 0 Å². The first kappa shape index (κ1) is 23.5. The number of alkyl halides is 1. The van der Waals surface area contributed by atoms with Gasteiger partial charge in [0.05, 0.1) is 12.3 Å². The van der Waals surface area contributed by atoms with Crippen molar-refractivity contribution >= 4 is 11.9 Å². The molecule has 0 bridgehead atoms. The first-order chi connectivity index (χ1) is 16.2. The molecule has 3 aromatic carbocycles. The maximum atomic E-state index is 13.6. The maximum Gasteiger partial charge on any atom is 0.307 e. The van der Waals surface area contributed by atoms with Crippen molar-refractivity contribution in [2.75, 3.05) is 0 Å². The number of fused-ring (bicyclic) bond motifs is 1. The second-order valence-electron chi connectivity index (χ2n) is 9.41. The molecule has 0 saturated carbocycles.